The Morgan fingerprint density at radius 2 is 2.28 bits per heavy atom. The molecule has 0 unspecified atom stereocenters. The second kappa shape index (κ2) is 5.34. The summed E-state index contributed by atoms with van der Waals surface area (Å²) in [6.45, 7) is 4.44. The molecule has 3 N–H and O–H groups in total. The van der Waals surface area contributed by atoms with E-state index in [-0.39, 0.29) is 18.0 Å². The lowest BCUT2D eigenvalue weighted by Crippen LogP contribution is -2.34. The number of anilines is 1. The zero-order chi connectivity index (χ0) is 13.1. The van der Waals surface area contributed by atoms with Crippen molar-refractivity contribution in [3.05, 3.63) is 10.6 Å². The molecule has 0 spiro atoms. The second-order valence-corrected chi connectivity index (χ2v) is 5.41. The van der Waals surface area contributed by atoms with Crippen molar-refractivity contribution in [3.63, 3.8) is 0 Å². The highest BCUT2D eigenvalue weighted by atomic mass is 32.1. The van der Waals surface area contributed by atoms with E-state index < -0.39 is 0 Å². The van der Waals surface area contributed by atoms with Gasteiger partial charge in [0.25, 0.3) is 5.91 Å². The quantitative estimate of drug-likeness (QED) is 0.757. The van der Waals surface area contributed by atoms with Crippen molar-refractivity contribution in [3.8, 4) is 0 Å². The Hall–Kier alpha value is -1.63. The van der Waals surface area contributed by atoms with E-state index in [2.05, 4.69) is 20.9 Å². The Labute approximate surface area is 109 Å². The van der Waals surface area contributed by atoms with E-state index in [1.807, 2.05) is 13.8 Å². The smallest absolute Gasteiger partial charge is 0.321 e. The maximum atomic E-state index is 11.7. The SMILES string of the molecule is CC(C)NC(=O)Nc1nc2c(s1)C(=O)NCCC2. The summed E-state index contributed by atoms with van der Waals surface area (Å²) in [4.78, 5) is 28.1. The van der Waals surface area contributed by atoms with E-state index in [1.165, 1.54) is 11.3 Å². The lowest BCUT2D eigenvalue weighted by atomic mass is 10.2. The van der Waals surface area contributed by atoms with Crippen LogP contribution in [-0.2, 0) is 6.42 Å². The Balaban J connectivity index is 2.10. The molecule has 0 atom stereocenters. The number of thiazole rings is 1. The van der Waals surface area contributed by atoms with Crippen LogP contribution in [0.15, 0.2) is 0 Å². The number of rotatable bonds is 2. The van der Waals surface area contributed by atoms with Crippen LogP contribution >= 0.6 is 11.3 Å². The zero-order valence-electron chi connectivity index (χ0n) is 10.4. The number of hydrogen-bond donors (Lipinski definition) is 3. The summed E-state index contributed by atoms with van der Waals surface area (Å²) in [5.74, 6) is -0.0997. The molecule has 18 heavy (non-hydrogen) atoms. The van der Waals surface area contributed by atoms with Crippen LogP contribution < -0.4 is 16.0 Å². The second-order valence-electron chi connectivity index (χ2n) is 4.41. The number of amides is 3. The number of aryl methyl sites for hydroxylation is 1. The molecule has 1 aliphatic heterocycles. The molecule has 0 aliphatic carbocycles. The largest absolute Gasteiger partial charge is 0.351 e. The van der Waals surface area contributed by atoms with Gasteiger partial charge in [-0.15, -0.1) is 0 Å². The molecule has 0 saturated carbocycles. The van der Waals surface area contributed by atoms with E-state index in [1.54, 1.807) is 0 Å². The van der Waals surface area contributed by atoms with Gasteiger partial charge in [-0.3, -0.25) is 10.1 Å². The van der Waals surface area contributed by atoms with Crippen LogP contribution in [0.1, 0.15) is 35.6 Å². The summed E-state index contributed by atoms with van der Waals surface area (Å²) in [6.07, 6.45) is 1.64. The normalized spacial score (nSPS) is 14.7. The van der Waals surface area contributed by atoms with Crippen molar-refractivity contribution in [1.82, 2.24) is 15.6 Å². The number of nitrogens with zero attached hydrogens (tertiary/aromatic N) is 1. The fourth-order valence-electron chi connectivity index (χ4n) is 1.69. The maximum absolute atomic E-state index is 11.7. The van der Waals surface area contributed by atoms with Gasteiger partial charge in [0.05, 0.1) is 5.69 Å². The van der Waals surface area contributed by atoms with Crippen molar-refractivity contribution in [2.45, 2.75) is 32.7 Å². The minimum atomic E-state index is -0.297. The molecule has 0 aromatic carbocycles. The molecule has 1 aromatic rings. The van der Waals surface area contributed by atoms with E-state index >= 15 is 0 Å². The standard InChI is InChI=1S/C11H16N4O2S/c1-6(2)13-10(17)15-11-14-7-4-3-5-12-9(16)8(7)18-11/h6H,3-5H2,1-2H3,(H,12,16)(H2,13,14,15,17). The number of carbonyl (C=O) groups is 2. The third-order valence-corrected chi connectivity index (χ3v) is 3.43. The van der Waals surface area contributed by atoms with Crippen LogP contribution in [0.25, 0.3) is 0 Å². The monoisotopic (exact) mass is 268 g/mol. The first-order valence-electron chi connectivity index (χ1n) is 5.91. The highest BCUT2D eigenvalue weighted by Gasteiger charge is 2.21. The van der Waals surface area contributed by atoms with Gasteiger partial charge in [-0.2, -0.15) is 0 Å². The van der Waals surface area contributed by atoms with Crippen LogP contribution in [-0.4, -0.2) is 29.5 Å². The lowest BCUT2D eigenvalue weighted by molar-refractivity contribution is 0.0960. The van der Waals surface area contributed by atoms with Gasteiger partial charge in [-0.25, -0.2) is 9.78 Å². The average molecular weight is 268 g/mol. The molecule has 3 amide bonds. The van der Waals surface area contributed by atoms with Gasteiger partial charge in [0.15, 0.2) is 5.13 Å². The van der Waals surface area contributed by atoms with Crippen molar-refractivity contribution < 1.29 is 9.59 Å². The Bertz CT molecular complexity index is 470. The van der Waals surface area contributed by atoms with Crippen LogP contribution in [0.2, 0.25) is 0 Å². The number of hydrogen-bond acceptors (Lipinski definition) is 4. The van der Waals surface area contributed by atoms with Gasteiger partial charge in [0, 0.05) is 12.6 Å². The molecule has 0 saturated heterocycles. The summed E-state index contributed by atoms with van der Waals surface area (Å²) in [6, 6.07) is -0.236. The molecule has 0 fully saturated rings. The minimum absolute atomic E-state index is 0.0612. The third kappa shape index (κ3) is 2.98. The molecule has 7 heteroatoms. The fourth-order valence-corrected chi connectivity index (χ4v) is 2.61. The van der Waals surface area contributed by atoms with Crippen LogP contribution in [0.5, 0.6) is 0 Å². The van der Waals surface area contributed by atoms with Gasteiger partial charge in [-0.1, -0.05) is 11.3 Å². The Kier molecular flexibility index (Phi) is 3.81. The third-order valence-electron chi connectivity index (χ3n) is 2.42. The van der Waals surface area contributed by atoms with E-state index in [9.17, 15) is 9.59 Å². The number of nitrogens with one attached hydrogen (secondary N) is 3. The van der Waals surface area contributed by atoms with Crippen molar-refractivity contribution >= 4 is 28.4 Å². The van der Waals surface area contributed by atoms with Gasteiger partial charge < -0.3 is 10.6 Å². The summed E-state index contributed by atoms with van der Waals surface area (Å²) in [7, 11) is 0. The van der Waals surface area contributed by atoms with Crippen molar-refractivity contribution in [2.75, 3.05) is 11.9 Å². The van der Waals surface area contributed by atoms with Crippen LogP contribution in [0.3, 0.4) is 0 Å². The van der Waals surface area contributed by atoms with Gasteiger partial charge in [-0.05, 0) is 26.7 Å². The molecule has 1 aliphatic rings. The van der Waals surface area contributed by atoms with Crippen molar-refractivity contribution in [2.24, 2.45) is 0 Å². The molecular formula is C11H16N4O2S. The van der Waals surface area contributed by atoms with Gasteiger partial charge >= 0.3 is 6.03 Å². The van der Waals surface area contributed by atoms with E-state index in [0.717, 1.165) is 18.5 Å². The number of fused-ring (bicyclic) bond motifs is 1. The average Bonchev–Trinajstić information content (AvgIpc) is 2.58. The fraction of sp³-hybridized carbons (Fsp3) is 0.545. The molecular weight excluding hydrogens is 252 g/mol. The minimum Gasteiger partial charge on any atom is -0.351 e. The maximum Gasteiger partial charge on any atom is 0.321 e. The van der Waals surface area contributed by atoms with Gasteiger partial charge in [0.2, 0.25) is 0 Å². The molecule has 2 rings (SSSR count). The van der Waals surface area contributed by atoms with E-state index in [0.29, 0.717) is 16.6 Å². The highest BCUT2D eigenvalue weighted by molar-refractivity contribution is 7.17. The zero-order valence-corrected chi connectivity index (χ0v) is 11.2. The van der Waals surface area contributed by atoms with Crippen LogP contribution in [0, 0.1) is 0 Å². The molecule has 2 heterocycles. The summed E-state index contributed by atoms with van der Waals surface area (Å²) >= 11 is 1.22. The summed E-state index contributed by atoms with van der Waals surface area (Å²) < 4.78 is 0. The Morgan fingerprint density at radius 1 is 1.50 bits per heavy atom. The first kappa shape index (κ1) is 12.8. The summed E-state index contributed by atoms with van der Waals surface area (Å²) in [5, 5.41) is 8.63. The molecule has 1 aromatic heterocycles. The lowest BCUT2D eigenvalue weighted by Gasteiger charge is -2.07. The number of carbonyl (C=O) groups excluding carboxylic acids is 2. The topological polar surface area (TPSA) is 83.1 Å². The number of aromatic nitrogens is 1. The van der Waals surface area contributed by atoms with Crippen molar-refractivity contribution in [1.29, 1.82) is 0 Å². The molecule has 98 valence electrons. The first-order chi connectivity index (χ1) is 8.56. The van der Waals surface area contributed by atoms with E-state index in [4.69, 9.17) is 0 Å². The number of urea groups is 1. The predicted molar refractivity (Wildman–Crippen MR) is 70.1 cm³/mol. The van der Waals surface area contributed by atoms with Gasteiger partial charge in [0.1, 0.15) is 4.88 Å². The molecule has 0 radical (unpaired) electrons. The summed E-state index contributed by atoms with van der Waals surface area (Å²) in [5.41, 5.74) is 0.773. The van der Waals surface area contributed by atoms with Crippen LogP contribution in [0.4, 0.5) is 9.93 Å². The molecule has 6 nitrogen and oxygen atoms in total. The first-order valence-corrected chi connectivity index (χ1v) is 6.73. The predicted octanol–water partition coefficient (Wildman–Crippen LogP) is 1.35. The molecule has 0 bridgehead atoms. The Morgan fingerprint density at radius 3 is 3.00 bits per heavy atom. The highest BCUT2D eigenvalue weighted by Crippen LogP contribution is 2.25.